The van der Waals surface area contributed by atoms with Crippen LogP contribution in [0.4, 0.5) is 10.6 Å². The van der Waals surface area contributed by atoms with E-state index in [0.717, 1.165) is 31.2 Å². The number of unbranched alkanes of at least 4 members (excludes halogenated alkanes) is 3. The monoisotopic (exact) mass is 586 g/mol. The summed E-state index contributed by atoms with van der Waals surface area (Å²) in [6.07, 6.45) is 2.74. The first-order valence-electron chi connectivity index (χ1n) is 13.3. The summed E-state index contributed by atoms with van der Waals surface area (Å²) >= 11 is 0. The highest BCUT2D eigenvalue weighted by molar-refractivity contribution is 7.46. The van der Waals surface area contributed by atoms with Crippen LogP contribution in [0.5, 0.6) is 0 Å². The maximum atomic E-state index is 12.4. The number of nitrogens with zero attached hydrogens (tertiary/aromatic N) is 4. The molecule has 5 atom stereocenters. The maximum absolute atomic E-state index is 12.4. The fraction of sp³-hybridized carbons (Fsp3) is 0.462. The van der Waals surface area contributed by atoms with Crippen molar-refractivity contribution in [2.24, 2.45) is 0 Å². The molecule has 0 aliphatic carbocycles. The van der Waals surface area contributed by atoms with E-state index in [1.807, 2.05) is 30.3 Å². The van der Waals surface area contributed by atoms with E-state index in [-0.39, 0.29) is 5.82 Å². The Morgan fingerprint density at radius 3 is 2.68 bits per heavy atom. The number of aromatic nitrogens is 4. The highest BCUT2D eigenvalue weighted by Crippen LogP contribution is 2.43. The topological polar surface area (TPSA) is 179 Å². The summed E-state index contributed by atoms with van der Waals surface area (Å²) in [5.74, 6) is 6.14. The van der Waals surface area contributed by atoms with E-state index in [2.05, 4.69) is 44.4 Å². The van der Waals surface area contributed by atoms with Crippen molar-refractivity contribution in [3.8, 4) is 11.8 Å². The zero-order chi connectivity index (χ0) is 28.8. The second kappa shape index (κ2) is 13.1. The molecule has 2 aliphatic heterocycles. The molecule has 2 aromatic heterocycles. The highest BCUT2D eigenvalue weighted by Gasteiger charge is 2.54. The smallest absolute Gasteiger partial charge is 0.347 e. The van der Waals surface area contributed by atoms with Crippen LogP contribution < -0.4 is 10.6 Å². The van der Waals surface area contributed by atoms with Gasteiger partial charge in [-0.05, 0) is 24.5 Å². The number of carbonyl (C=O) groups is 1. The highest BCUT2D eigenvalue weighted by atomic mass is 31.2. The molecular formula is C26H31N6O8P. The normalized spacial score (nSPS) is 23.6. The number of carbonyl (C=O) groups excluding carboxylic acids is 1. The number of hydrogen-bond acceptors (Lipinski definition) is 9. The van der Waals surface area contributed by atoms with Crippen molar-refractivity contribution in [3.63, 3.8) is 0 Å². The minimum absolute atomic E-state index is 0.214. The average Bonchev–Trinajstić information content (AvgIpc) is 3.65. The summed E-state index contributed by atoms with van der Waals surface area (Å²) in [5, 5.41) is 5.52. The van der Waals surface area contributed by atoms with Gasteiger partial charge >= 0.3 is 13.9 Å². The average molecular weight is 587 g/mol. The third kappa shape index (κ3) is 7.27. The van der Waals surface area contributed by atoms with Crippen LogP contribution in [-0.2, 0) is 23.3 Å². The fourth-order valence-electron chi connectivity index (χ4n) is 4.63. The number of rotatable bonds is 10. The molecule has 41 heavy (non-hydrogen) atoms. The first-order valence-corrected chi connectivity index (χ1v) is 14.8. The van der Waals surface area contributed by atoms with Crippen molar-refractivity contribution in [2.75, 3.05) is 18.5 Å². The third-order valence-electron chi connectivity index (χ3n) is 6.54. The molecule has 2 aliphatic rings. The molecule has 15 heteroatoms. The number of hydrogen-bond donors (Lipinski definition) is 4. The SMILES string of the molecule is CCCCCCNC(=O)Nc1ncnc2c1ncn2C1O[C@H](COP(=O)(O)O)C2OC(C#Cc3ccccc3)OC21. The van der Waals surface area contributed by atoms with Gasteiger partial charge in [0.15, 0.2) is 23.2 Å². The van der Waals surface area contributed by atoms with Gasteiger partial charge in [0.1, 0.15) is 24.6 Å². The molecule has 0 spiro atoms. The molecule has 3 aromatic rings. The molecule has 0 bridgehead atoms. The molecule has 218 valence electrons. The molecule has 4 heterocycles. The second-order valence-electron chi connectivity index (χ2n) is 9.51. The van der Waals surface area contributed by atoms with Crippen LogP contribution in [0.2, 0.25) is 0 Å². The predicted octanol–water partition coefficient (Wildman–Crippen LogP) is 2.70. The lowest BCUT2D eigenvalue weighted by molar-refractivity contribution is -0.129. The van der Waals surface area contributed by atoms with Crippen LogP contribution in [-0.4, -0.2) is 73.1 Å². The van der Waals surface area contributed by atoms with E-state index < -0.39 is 51.3 Å². The summed E-state index contributed by atoms with van der Waals surface area (Å²) in [6.45, 7) is 2.21. The summed E-state index contributed by atoms with van der Waals surface area (Å²) in [6, 6.07) is 8.89. The molecule has 0 saturated carbocycles. The third-order valence-corrected chi connectivity index (χ3v) is 7.03. The minimum atomic E-state index is -4.77. The number of ether oxygens (including phenoxy) is 3. The molecule has 5 rings (SSSR count). The van der Waals surface area contributed by atoms with Crippen molar-refractivity contribution in [2.45, 2.75) is 63.4 Å². The van der Waals surface area contributed by atoms with Crippen LogP contribution in [0.1, 0.15) is 44.4 Å². The van der Waals surface area contributed by atoms with E-state index in [1.54, 1.807) is 4.57 Å². The van der Waals surface area contributed by atoms with E-state index in [1.165, 1.54) is 12.7 Å². The largest absolute Gasteiger partial charge is 0.469 e. The number of anilines is 1. The Morgan fingerprint density at radius 1 is 1.10 bits per heavy atom. The van der Waals surface area contributed by atoms with Gasteiger partial charge in [0.05, 0.1) is 12.9 Å². The summed E-state index contributed by atoms with van der Waals surface area (Å²) in [7, 11) is -4.77. The Morgan fingerprint density at radius 2 is 1.90 bits per heavy atom. The lowest BCUT2D eigenvalue weighted by Crippen LogP contribution is -2.31. The maximum Gasteiger partial charge on any atom is 0.469 e. The molecule has 2 fully saturated rings. The van der Waals surface area contributed by atoms with Crippen molar-refractivity contribution in [3.05, 3.63) is 48.5 Å². The van der Waals surface area contributed by atoms with Gasteiger partial charge in [0, 0.05) is 12.1 Å². The number of phosphoric ester groups is 1. The minimum Gasteiger partial charge on any atom is -0.347 e. The van der Waals surface area contributed by atoms with Crippen LogP contribution in [0, 0.1) is 11.8 Å². The molecular weight excluding hydrogens is 555 g/mol. The van der Waals surface area contributed by atoms with E-state index in [4.69, 9.17) is 18.7 Å². The van der Waals surface area contributed by atoms with Gasteiger partial charge in [-0.15, -0.1) is 0 Å². The zero-order valence-corrected chi connectivity index (χ0v) is 23.1. The standard InChI is InChI=1S/C26H31N6O8P/c1-2-3-4-8-13-27-26(33)31-23-20-24(29-15-28-23)32(16-30-20)25-22-21(18(38-25)14-37-41(34,35)36)39-19(40-22)12-11-17-9-6-5-7-10-17/h5-7,9-10,15-16,18-19,21-22,25H,2-4,8,13-14H2,1H3,(H2,34,35,36)(H2,27,28,29,31,33)/t18-,19?,21?,22?,25?/m1/s1. The van der Waals surface area contributed by atoms with Gasteiger partial charge < -0.3 is 29.3 Å². The summed E-state index contributed by atoms with van der Waals surface area (Å²) in [5.41, 5.74) is 1.44. The van der Waals surface area contributed by atoms with Gasteiger partial charge in [0.25, 0.3) is 0 Å². The lowest BCUT2D eigenvalue weighted by atomic mass is 10.1. The molecule has 2 saturated heterocycles. The quantitative estimate of drug-likeness (QED) is 0.156. The van der Waals surface area contributed by atoms with Crippen molar-refractivity contribution in [1.29, 1.82) is 0 Å². The molecule has 0 radical (unpaired) electrons. The molecule has 1 aromatic carbocycles. The van der Waals surface area contributed by atoms with Gasteiger partial charge in [-0.25, -0.2) is 24.3 Å². The number of nitrogens with one attached hydrogen (secondary N) is 2. The molecule has 14 nitrogen and oxygen atoms in total. The number of amides is 2. The fourth-order valence-corrected chi connectivity index (χ4v) is 4.97. The summed E-state index contributed by atoms with van der Waals surface area (Å²) < 4.78 is 35.8. The predicted molar refractivity (Wildman–Crippen MR) is 145 cm³/mol. The van der Waals surface area contributed by atoms with Crippen molar-refractivity contribution in [1.82, 2.24) is 24.8 Å². The first kappa shape index (κ1) is 29.1. The number of fused-ring (bicyclic) bond motifs is 2. The first-order chi connectivity index (χ1) is 19.8. The van der Waals surface area contributed by atoms with E-state index >= 15 is 0 Å². The van der Waals surface area contributed by atoms with Crippen LogP contribution in [0.15, 0.2) is 43.0 Å². The van der Waals surface area contributed by atoms with Gasteiger partial charge in [-0.2, -0.15) is 0 Å². The number of phosphoric acid groups is 1. The summed E-state index contributed by atoms with van der Waals surface area (Å²) in [4.78, 5) is 43.8. The Kier molecular flexibility index (Phi) is 9.26. The van der Waals surface area contributed by atoms with Crippen LogP contribution >= 0.6 is 7.82 Å². The molecule has 4 unspecified atom stereocenters. The van der Waals surface area contributed by atoms with Crippen LogP contribution in [0.25, 0.3) is 11.2 Å². The zero-order valence-electron chi connectivity index (χ0n) is 22.3. The van der Waals surface area contributed by atoms with E-state index in [9.17, 15) is 19.1 Å². The Balaban J connectivity index is 1.34. The number of urea groups is 1. The van der Waals surface area contributed by atoms with Gasteiger partial charge in [0.2, 0.25) is 6.29 Å². The molecule has 2 amide bonds. The molecule has 4 N–H and O–H groups in total. The van der Waals surface area contributed by atoms with Gasteiger partial charge in [-0.3, -0.25) is 14.4 Å². The van der Waals surface area contributed by atoms with E-state index in [0.29, 0.717) is 17.7 Å². The van der Waals surface area contributed by atoms with Crippen molar-refractivity contribution >= 4 is 30.8 Å². The lowest BCUT2D eigenvalue weighted by Gasteiger charge is -2.20. The Bertz CT molecular complexity index is 1450. The van der Waals surface area contributed by atoms with Crippen molar-refractivity contribution < 1.29 is 37.9 Å². The number of imidazole rings is 1. The van der Waals surface area contributed by atoms with Crippen LogP contribution in [0.3, 0.4) is 0 Å². The number of benzene rings is 1. The Hall–Kier alpha value is -3.41. The Labute approximate surface area is 236 Å². The van der Waals surface area contributed by atoms with Gasteiger partial charge in [-0.1, -0.05) is 50.3 Å². The second-order valence-corrected chi connectivity index (χ2v) is 10.7.